The smallest absolute Gasteiger partial charge is 0.302 e. The summed E-state index contributed by atoms with van der Waals surface area (Å²) in [5.74, 6) is -0.582. The van der Waals surface area contributed by atoms with Crippen molar-refractivity contribution < 1.29 is 19.1 Å². The number of rotatable bonds is 3. The van der Waals surface area contributed by atoms with Crippen LogP contribution < -0.4 is 0 Å². The zero-order chi connectivity index (χ0) is 11.4. The Kier molecular flexibility index (Phi) is 4.18. The summed E-state index contributed by atoms with van der Waals surface area (Å²) in [6.07, 6.45) is 1.16. The van der Waals surface area contributed by atoms with Crippen molar-refractivity contribution in [2.24, 2.45) is 5.92 Å². The molecule has 0 heterocycles. The van der Waals surface area contributed by atoms with Crippen molar-refractivity contribution in [3.05, 3.63) is 0 Å². The van der Waals surface area contributed by atoms with E-state index in [0.29, 0.717) is 6.42 Å². The van der Waals surface area contributed by atoms with Crippen molar-refractivity contribution in [1.29, 1.82) is 0 Å². The van der Waals surface area contributed by atoms with Gasteiger partial charge in [-0.25, -0.2) is 0 Å². The van der Waals surface area contributed by atoms with Gasteiger partial charge < -0.3 is 9.47 Å². The second-order valence-electron chi connectivity index (χ2n) is 3.94. The van der Waals surface area contributed by atoms with Crippen LogP contribution in [0.2, 0.25) is 5.82 Å². The third-order valence-corrected chi connectivity index (χ3v) is 2.48. The molecule has 1 fully saturated rings. The molecule has 1 unspecified atom stereocenters. The zero-order valence-corrected chi connectivity index (χ0v) is 9.06. The summed E-state index contributed by atoms with van der Waals surface area (Å²) in [6.45, 7) is 3.00. The van der Waals surface area contributed by atoms with Crippen molar-refractivity contribution in [3.63, 3.8) is 0 Å². The standard InChI is InChI=1S/C10H15BO4/c1-6(12)14-5-8-3-9(11)4-10(8)15-7(2)13/h8-10H,3-5H2,1-2H3/t8-,9-,10?/m0/s1. The van der Waals surface area contributed by atoms with E-state index in [4.69, 9.17) is 17.3 Å². The Labute approximate surface area is 90.7 Å². The summed E-state index contributed by atoms with van der Waals surface area (Å²) in [4.78, 5) is 21.5. The summed E-state index contributed by atoms with van der Waals surface area (Å²) in [6, 6.07) is 0. The summed E-state index contributed by atoms with van der Waals surface area (Å²) >= 11 is 0. The maximum Gasteiger partial charge on any atom is 0.302 e. The van der Waals surface area contributed by atoms with Crippen LogP contribution in [0.1, 0.15) is 26.7 Å². The van der Waals surface area contributed by atoms with Crippen LogP contribution in [0.25, 0.3) is 0 Å². The van der Waals surface area contributed by atoms with Crippen molar-refractivity contribution in [3.8, 4) is 0 Å². The molecule has 1 aliphatic rings. The van der Waals surface area contributed by atoms with Gasteiger partial charge in [-0.1, -0.05) is 5.82 Å². The molecular formula is C10H15BO4. The van der Waals surface area contributed by atoms with Gasteiger partial charge in [0.25, 0.3) is 0 Å². The molecule has 0 aromatic carbocycles. The summed E-state index contributed by atoms with van der Waals surface area (Å²) < 4.78 is 10.0. The number of hydrogen-bond acceptors (Lipinski definition) is 4. The van der Waals surface area contributed by atoms with Gasteiger partial charge in [-0.05, 0) is 12.8 Å². The molecule has 0 saturated heterocycles. The topological polar surface area (TPSA) is 52.6 Å². The minimum atomic E-state index is -0.322. The highest BCUT2D eigenvalue weighted by molar-refractivity contribution is 6.11. The van der Waals surface area contributed by atoms with Gasteiger partial charge in [0.1, 0.15) is 6.10 Å². The Morgan fingerprint density at radius 3 is 2.47 bits per heavy atom. The lowest BCUT2D eigenvalue weighted by Gasteiger charge is -2.18. The molecule has 0 N–H and O–H groups in total. The first-order valence-electron chi connectivity index (χ1n) is 5.05. The van der Waals surface area contributed by atoms with Gasteiger partial charge in [0.2, 0.25) is 0 Å². The monoisotopic (exact) mass is 210 g/mol. The molecule has 82 valence electrons. The normalized spacial score (nSPS) is 29.9. The molecule has 0 aromatic rings. The van der Waals surface area contributed by atoms with Crippen LogP contribution >= 0.6 is 0 Å². The van der Waals surface area contributed by atoms with Crippen LogP contribution in [0, 0.1) is 5.92 Å². The summed E-state index contributed by atoms with van der Waals surface area (Å²) in [7, 11) is 5.77. The Bertz CT molecular complexity index is 254. The van der Waals surface area contributed by atoms with E-state index >= 15 is 0 Å². The van der Waals surface area contributed by atoms with Crippen LogP contribution in [0.4, 0.5) is 0 Å². The highest BCUT2D eigenvalue weighted by atomic mass is 16.6. The molecule has 3 atom stereocenters. The Morgan fingerprint density at radius 2 is 1.93 bits per heavy atom. The van der Waals surface area contributed by atoms with E-state index < -0.39 is 0 Å². The first kappa shape index (κ1) is 12.1. The predicted octanol–water partition coefficient (Wildman–Crippen LogP) is 0.848. The lowest BCUT2D eigenvalue weighted by atomic mass is 9.85. The van der Waals surface area contributed by atoms with Crippen LogP contribution in [0.15, 0.2) is 0 Å². The van der Waals surface area contributed by atoms with E-state index in [1.165, 1.54) is 13.8 Å². The molecule has 1 saturated carbocycles. The van der Waals surface area contributed by atoms with E-state index in [1.54, 1.807) is 0 Å². The second-order valence-corrected chi connectivity index (χ2v) is 3.94. The Morgan fingerprint density at radius 1 is 1.27 bits per heavy atom. The number of carbonyl (C=O) groups is 2. The molecule has 15 heavy (non-hydrogen) atoms. The van der Waals surface area contributed by atoms with Gasteiger partial charge >= 0.3 is 11.9 Å². The van der Waals surface area contributed by atoms with Gasteiger partial charge in [-0.2, -0.15) is 0 Å². The minimum Gasteiger partial charge on any atom is -0.465 e. The number of hydrogen-bond donors (Lipinski definition) is 0. The summed E-state index contributed by atoms with van der Waals surface area (Å²) in [5.41, 5.74) is 0. The first-order chi connectivity index (χ1) is 6.99. The van der Waals surface area contributed by atoms with Crippen LogP contribution in [0.5, 0.6) is 0 Å². The third kappa shape index (κ3) is 3.94. The molecule has 4 nitrogen and oxygen atoms in total. The predicted molar refractivity (Wildman–Crippen MR) is 54.4 cm³/mol. The van der Waals surface area contributed by atoms with E-state index in [0.717, 1.165) is 6.42 Å². The molecule has 2 radical (unpaired) electrons. The van der Waals surface area contributed by atoms with E-state index in [1.807, 2.05) is 0 Å². The molecule has 5 heteroatoms. The molecule has 0 spiro atoms. The van der Waals surface area contributed by atoms with Crippen LogP contribution in [-0.2, 0) is 19.1 Å². The number of esters is 2. The fraction of sp³-hybridized carbons (Fsp3) is 0.800. The highest BCUT2D eigenvalue weighted by Gasteiger charge is 2.34. The van der Waals surface area contributed by atoms with Gasteiger partial charge in [0, 0.05) is 19.8 Å². The van der Waals surface area contributed by atoms with E-state index in [-0.39, 0.29) is 36.4 Å². The second kappa shape index (κ2) is 5.19. The Balaban J connectivity index is 2.45. The molecule has 0 bridgehead atoms. The quantitative estimate of drug-likeness (QED) is 0.511. The third-order valence-electron chi connectivity index (χ3n) is 2.48. The molecule has 0 amide bonds. The van der Waals surface area contributed by atoms with Gasteiger partial charge in [0.15, 0.2) is 0 Å². The summed E-state index contributed by atoms with van der Waals surface area (Å²) in [5, 5.41) is 0. The van der Waals surface area contributed by atoms with E-state index in [9.17, 15) is 9.59 Å². The largest absolute Gasteiger partial charge is 0.465 e. The highest BCUT2D eigenvalue weighted by Crippen LogP contribution is 2.35. The van der Waals surface area contributed by atoms with Crippen LogP contribution in [0.3, 0.4) is 0 Å². The maximum atomic E-state index is 10.8. The van der Waals surface area contributed by atoms with Gasteiger partial charge in [-0.15, -0.1) is 0 Å². The zero-order valence-electron chi connectivity index (χ0n) is 9.06. The fourth-order valence-electron chi connectivity index (χ4n) is 1.88. The molecule has 1 rings (SSSR count). The molecular weight excluding hydrogens is 195 g/mol. The number of ether oxygens (including phenoxy) is 2. The molecule has 0 aromatic heterocycles. The van der Waals surface area contributed by atoms with Gasteiger partial charge in [0.05, 0.1) is 14.5 Å². The van der Waals surface area contributed by atoms with Gasteiger partial charge in [-0.3, -0.25) is 9.59 Å². The average molecular weight is 210 g/mol. The SMILES string of the molecule is [B][C@@H]1CC(OC(C)=O)[C@H](COC(C)=O)C1. The lowest BCUT2D eigenvalue weighted by molar-refractivity contribution is -0.151. The van der Waals surface area contributed by atoms with Crippen molar-refractivity contribution in [1.82, 2.24) is 0 Å². The number of carbonyl (C=O) groups excluding carboxylic acids is 2. The lowest BCUT2D eigenvalue weighted by Crippen LogP contribution is -2.25. The Hall–Kier alpha value is -0.995. The van der Waals surface area contributed by atoms with Crippen LogP contribution in [-0.4, -0.2) is 32.5 Å². The fourth-order valence-corrected chi connectivity index (χ4v) is 1.88. The average Bonchev–Trinajstić information content (AvgIpc) is 2.41. The molecule has 0 aliphatic heterocycles. The maximum absolute atomic E-state index is 10.8. The first-order valence-corrected chi connectivity index (χ1v) is 5.05. The van der Waals surface area contributed by atoms with Crippen molar-refractivity contribution >= 4 is 19.8 Å². The van der Waals surface area contributed by atoms with Crippen molar-refractivity contribution in [2.75, 3.05) is 6.61 Å². The molecule has 1 aliphatic carbocycles. The minimum absolute atomic E-state index is 0.0231. The van der Waals surface area contributed by atoms with Crippen molar-refractivity contribution in [2.45, 2.75) is 38.6 Å². The van der Waals surface area contributed by atoms with E-state index in [2.05, 4.69) is 0 Å².